The second-order valence-corrected chi connectivity index (χ2v) is 7.62. The molecule has 1 aliphatic heterocycles. The smallest absolute Gasteiger partial charge is 0.328 e. The van der Waals surface area contributed by atoms with Crippen LogP contribution in [0.1, 0.15) is 6.42 Å². The number of non-ortho nitro benzene ring substituents is 1. The Morgan fingerprint density at radius 1 is 1.16 bits per heavy atom. The molecule has 3 rings (SSSR count). The van der Waals surface area contributed by atoms with Gasteiger partial charge in [-0.25, -0.2) is 9.69 Å². The SMILES string of the molecule is O=C(O)/C=C/C(=O)Nc1cccc(S[C@H]2CC(=O)N(c3ccc([N+](=O)[O-])cc3)C2=O)c1. The highest BCUT2D eigenvalue weighted by atomic mass is 32.2. The van der Waals surface area contributed by atoms with Gasteiger partial charge in [-0.1, -0.05) is 6.07 Å². The number of benzene rings is 2. The first kappa shape index (κ1) is 21.7. The summed E-state index contributed by atoms with van der Waals surface area (Å²) in [6.45, 7) is 0. The minimum atomic E-state index is -1.25. The molecule has 31 heavy (non-hydrogen) atoms. The van der Waals surface area contributed by atoms with Gasteiger partial charge in [0.25, 0.3) is 5.69 Å². The summed E-state index contributed by atoms with van der Waals surface area (Å²) in [6.07, 6.45) is 1.55. The number of carboxylic acids is 1. The molecule has 2 N–H and O–H groups in total. The molecule has 0 saturated carbocycles. The number of thioether (sulfide) groups is 1. The molecule has 1 aliphatic rings. The van der Waals surface area contributed by atoms with Crippen molar-refractivity contribution in [2.75, 3.05) is 10.2 Å². The number of carboxylic acid groups (broad SMARTS) is 1. The largest absolute Gasteiger partial charge is 0.478 e. The topological polar surface area (TPSA) is 147 Å². The Kier molecular flexibility index (Phi) is 6.46. The van der Waals surface area contributed by atoms with Crippen LogP contribution in [0.2, 0.25) is 0 Å². The van der Waals surface area contributed by atoms with Gasteiger partial charge >= 0.3 is 5.97 Å². The number of imide groups is 1. The predicted molar refractivity (Wildman–Crippen MR) is 112 cm³/mol. The van der Waals surface area contributed by atoms with E-state index in [4.69, 9.17) is 5.11 Å². The van der Waals surface area contributed by atoms with Crippen molar-refractivity contribution < 1.29 is 29.2 Å². The zero-order valence-corrected chi connectivity index (χ0v) is 16.6. The molecular formula is C20H15N3O7S. The number of nitro groups is 1. The number of hydrogen-bond donors (Lipinski definition) is 2. The Balaban J connectivity index is 1.70. The van der Waals surface area contributed by atoms with E-state index in [9.17, 15) is 29.3 Å². The van der Waals surface area contributed by atoms with Gasteiger partial charge in [0.05, 0.1) is 15.9 Å². The molecule has 0 bridgehead atoms. The molecule has 1 heterocycles. The second kappa shape index (κ2) is 9.22. The number of aliphatic carboxylic acids is 1. The van der Waals surface area contributed by atoms with Crippen molar-refractivity contribution in [1.82, 2.24) is 0 Å². The van der Waals surface area contributed by atoms with Crippen LogP contribution in [-0.4, -0.2) is 39.0 Å². The molecule has 1 saturated heterocycles. The minimum Gasteiger partial charge on any atom is -0.478 e. The van der Waals surface area contributed by atoms with Crippen LogP contribution in [0.25, 0.3) is 0 Å². The van der Waals surface area contributed by atoms with Gasteiger partial charge in [0, 0.05) is 41.3 Å². The zero-order valence-electron chi connectivity index (χ0n) is 15.8. The van der Waals surface area contributed by atoms with Crippen LogP contribution >= 0.6 is 11.8 Å². The summed E-state index contributed by atoms with van der Waals surface area (Å²) in [7, 11) is 0. The van der Waals surface area contributed by atoms with Gasteiger partial charge in [-0.3, -0.25) is 24.5 Å². The normalized spacial score (nSPS) is 16.0. The summed E-state index contributed by atoms with van der Waals surface area (Å²) in [5.74, 6) is -2.73. The average molecular weight is 441 g/mol. The fraction of sp³-hybridized carbons (Fsp3) is 0.100. The summed E-state index contributed by atoms with van der Waals surface area (Å²) in [5, 5.41) is 21.2. The summed E-state index contributed by atoms with van der Waals surface area (Å²) >= 11 is 1.15. The summed E-state index contributed by atoms with van der Waals surface area (Å²) in [6, 6.07) is 11.7. The van der Waals surface area contributed by atoms with E-state index in [1.54, 1.807) is 24.3 Å². The van der Waals surface area contributed by atoms with Gasteiger partial charge in [-0.2, -0.15) is 0 Å². The van der Waals surface area contributed by atoms with Crippen molar-refractivity contribution in [3.05, 3.63) is 70.8 Å². The van der Waals surface area contributed by atoms with Crippen molar-refractivity contribution in [3.8, 4) is 0 Å². The van der Waals surface area contributed by atoms with E-state index in [0.29, 0.717) is 16.7 Å². The summed E-state index contributed by atoms with van der Waals surface area (Å²) in [5.41, 5.74) is 0.509. The number of carbonyl (C=O) groups excluding carboxylic acids is 3. The lowest BCUT2D eigenvalue weighted by Crippen LogP contribution is -2.31. The maximum absolute atomic E-state index is 12.8. The monoisotopic (exact) mass is 441 g/mol. The fourth-order valence-electron chi connectivity index (χ4n) is 2.83. The molecule has 0 aromatic heterocycles. The van der Waals surface area contributed by atoms with Gasteiger partial charge in [0.15, 0.2) is 0 Å². The van der Waals surface area contributed by atoms with Crippen LogP contribution in [0, 0.1) is 10.1 Å². The molecule has 10 nitrogen and oxygen atoms in total. The van der Waals surface area contributed by atoms with E-state index >= 15 is 0 Å². The first-order valence-corrected chi connectivity index (χ1v) is 9.72. The van der Waals surface area contributed by atoms with Gasteiger partial charge in [0.2, 0.25) is 17.7 Å². The number of carbonyl (C=O) groups is 4. The predicted octanol–water partition coefficient (Wildman–Crippen LogP) is 2.60. The lowest BCUT2D eigenvalue weighted by molar-refractivity contribution is -0.384. The van der Waals surface area contributed by atoms with Crippen molar-refractivity contribution in [2.24, 2.45) is 0 Å². The van der Waals surface area contributed by atoms with Crippen LogP contribution in [0.4, 0.5) is 17.1 Å². The lowest BCUT2D eigenvalue weighted by atomic mass is 10.2. The van der Waals surface area contributed by atoms with Crippen molar-refractivity contribution in [2.45, 2.75) is 16.6 Å². The molecule has 1 fully saturated rings. The van der Waals surface area contributed by atoms with Crippen molar-refractivity contribution in [3.63, 3.8) is 0 Å². The molecule has 0 unspecified atom stereocenters. The molecule has 11 heteroatoms. The van der Waals surface area contributed by atoms with Gasteiger partial charge < -0.3 is 10.4 Å². The third-order valence-corrected chi connectivity index (χ3v) is 5.36. The lowest BCUT2D eigenvalue weighted by Gasteiger charge is -2.15. The molecular weight excluding hydrogens is 426 g/mol. The van der Waals surface area contributed by atoms with E-state index in [-0.39, 0.29) is 17.8 Å². The van der Waals surface area contributed by atoms with Gasteiger partial charge in [-0.05, 0) is 30.3 Å². The number of nitrogens with one attached hydrogen (secondary N) is 1. The highest BCUT2D eigenvalue weighted by Crippen LogP contribution is 2.35. The van der Waals surface area contributed by atoms with Crippen LogP contribution in [0.3, 0.4) is 0 Å². The zero-order chi connectivity index (χ0) is 22.5. The minimum absolute atomic E-state index is 0.0432. The van der Waals surface area contributed by atoms with E-state index < -0.39 is 33.9 Å². The third-order valence-electron chi connectivity index (χ3n) is 4.18. The number of hydrogen-bond acceptors (Lipinski definition) is 7. The highest BCUT2D eigenvalue weighted by Gasteiger charge is 2.40. The number of amides is 3. The standard InChI is InChI=1S/C20H15N3O7S/c24-17(8-9-19(26)27)21-12-2-1-3-15(10-12)31-16-11-18(25)22(20(16)28)13-4-6-14(7-5-13)23(29)30/h1-10,16H,11H2,(H,21,24)(H,26,27)/b9-8+/t16-/m0/s1. The Hall–Kier alpha value is -3.99. The fourth-order valence-corrected chi connectivity index (χ4v) is 3.95. The molecule has 0 radical (unpaired) electrons. The first-order chi connectivity index (χ1) is 14.7. The maximum atomic E-state index is 12.8. The molecule has 0 aliphatic carbocycles. The number of nitrogens with zero attached hydrogens (tertiary/aromatic N) is 2. The molecule has 0 spiro atoms. The summed E-state index contributed by atoms with van der Waals surface area (Å²) < 4.78 is 0. The van der Waals surface area contributed by atoms with Crippen LogP contribution in [-0.2, 0) is 19.2 Å². The summed E-state index contributed by atoms with van der Waals surface area (Å²) in [4.78, 5) is 59.2. The van der Waals surface area contributed by atoms with Gasteiger partial charge in [-0.15, -0.1) is 11.8 Å². The quantitative estimate of drug-likeness (QED) is 0.288. The molecule has 2 aromatic carbocycles. The maximum Gasteiger partial charge on any atom is 0.328 e. The Bertz CT molecular complexity index is 1100. The van der Waals surface area contributed by atoms with Crippen molar-refractivity contribution in [1.29, 1.82) is 0 Å². The number of nitro benzene ring substituents is 1. The highest BCUT2D eigenvalue weighted by molar-refractivity contribution is 8.00. The van der Waals surface area contributed by atoms with E-state index in [2.05, 4.69) is 5.32 Å². The van der Waals surface area contributed by atoms with E-state index in [1.165, 1.54) is 24.3 Å². The molecule has 3 amide bonds. The third kappa shape index (κ3) is 5.34. The molecule has 1 atom stereocenters. The Morgan fingerprint density at radius 3 is 2.52 bits per heavy atom. The second-order valence-electron chi connectivity index (χ2n) is 6.34. The van der Waals surface area contributed by atoms with Crippen molar-refractivity contribution >= 4 is 52.5 Å². The van der Waals surface area contributed by atoms with Crippen LogP contribution in [0.5, 0.6) is 0 Å². The Labute approximate surface area is 179 Å². The number of rotatable bonds is 7. The van der Waals surface area contributed by atoms with Gasteiger partial charge in [0.1, 0.15) is 0 Å². The molecule has 158 valence electrons. The first-order valence-electron chi connectivity index (χ1n) is 8.84. The number of anilines is 2. The average Bonchev–Trinajstić information content (AvgIpc) is 2.99. The molecule has 2 aromatic rings. The van der Waals surface area contributed by atoms with E-state index in [0.717, 1.165) is 22.7 Å². The van der Waals surface area contributed by atoms with Crippen LogP contribution in [0.15, 0.2) is 65.6 Å². The van der Waals surface area contributed by atoms with E-state index in [1.807, 2.05) is 0 Å². The van der Waals surface area contributed by atoms with Crippen LogP contribution < -0.4 is 10.2 Å². The Morgan fingerprint density at radius 2 is 1.87 bits per heavy atom.